The zero-order valence-electron chi connectivity index (χ0n) is 36.1. The van der Waals surface area contributed by atoms with Crippen LogP contribution in [-0.2, 0) is 5.41 Å². The summed E-state index contributed by atoms with van der Waals surface area (Å²) in [6.07, 6.45) is 0. The molecule has 306 valence electrons. The van der Waals surface area contributed by atoms with Gasteiger partial charge in [-0.1, -0.05) is 172 Å². The van der Waals surface area contributed by atoms with Gasteiger partial charge >= 0.3 is 0 Å². The molecule has 0 unspecified atom stereocenters. The number of aromatic nitrogens is 3. The molecule has 65 heavy (non-hydrogen) atoms. The fourth-order valence-electron chi connectivity index (χ4n) is 10.7. The molecule has 13 rings (SSSR count). The van der Waals surface area contributed by atoms with Crippen LogP contribution >= 0.6 is 0 Å². The molecule has 0 saturated carbocycles. The van der Waals surface area contributed by atoms with Crippen LogP contribution in [0.5, 0.6) is 0 Å². The van der Waals surface area contributed by atoms with Crippen LogP contribution in [0, 0.1) is 0 Å². The van der Waals surface area contributed by atoms with E-state index in [2.05, 4.69) is 242 Å². The van der Waals surface area contributed by atoms with E-state index >= 15 is 0 Å². The monoisotopic (exact) mass is 830 g/mol. The third kappa shape index (κ3) is 5.70. The maximum absolute atomic E-state index is 5.40. The third-order valence-corrected chi connectivity index (χ3v) is 13.7. The summed E-state index contributed by atoms with van der Waals surface area (Å²) in [5.41, 5.74) is 15.6. The first-order valence-corrected chi connectivity index (χ1v) is 22.4. The van der Waals surface area contributed by atoms with Gasteiger partial charge in [0.1, 0.15) is 0 Å². The second-order valence-corrected chi connectivity index (χ2v) is 17.8. The number of anilines is 3. The summed E-state index contributed by atoms with van der Waals surface area (Å²) < 4.78 is 2.44. The van der Waals surface area contributed by atoms with Gasteiger partial charge in [-0.25, -0.2) is 9.97 Å². The van der Waals surface area contributed by atoms with E-state index in [0.717, 1.165) is 50.1 Å². The molecule has 4 nitrogen and oxygen atoms in total. The van der Waals surface area contributed by atoms with Gasteiger partial charge in [0.25, 0.3) is 0 Å². The maximum Gasteiger partial charge on any atom is 0.160 e. The molecule has 0 amide bonds. The van der Waals surface area contributed by atoms with Gasteiger partial charge in [-0.2, -0.15) is 0 Å². The first kappa shape index (κ1) is 37.2. The summed E-state index contributed by atoms with van der Waals surface area (Å²) in [4.78, 5) is 13.0. The van der Waals surface area contributed by atoms with Crippen molar-refractivity contribution >= 4 is 71.3 Å². The lowest BCUT2D eigenvalue weighted by Gasteiger charge is -2.42. The van der Waals surface area contributed by atoms with Crippen LogP contribution < -0.4 is 4.90 Å². The zero-order valence-corrected chi connectivity index (χ0v) is 36.1. The molecule has 10 aromatic carbocycles. The van der Waals surface area contributed by atoms with Gasteiger partial charge in [0.2, 0.25) is 0 Å². The minimum atomic E-state index is -0.236. The van der Waals surface area contributed by atoms with Crippen LogP contribution in [0.4, 0.5) is 17.1 Å². The lowest BCUT2D eigenvalue weighted by atomic mass is 9.73. The molecule has 1 aliphatic rings. The standard InChI is InChI=1S/C61H42N4/c1-61(2)50-29-11-13-31-53(50)64(43-21-4-3-5-22-43)54-35-34-41(38-51(54)61)47-27-16-32-55-58(47)57-46-25-9-7-18-40(46)33-36-56(57)65(55)44-23-14-20-42(37-44)60-62-52-30-12-10-26-49(52)59(63-60)48-28-15-19-39-17-6-8-24-45(39)48/h3-38H,1-2H3. The molecule has 0 bridgehead atoms. The maximum atomic E-state index is 5.40. The molecule has 0 fully saturated rings. The molecular formula is C61H42N4. The Labute approximate surface area is 377 Å². The summed E-state index contributed by atoms with van der Waals surface area (Å²) in [5.74, 6) is 0.697. The second-order valence-electron chi connectivity index (χ2n) is 17.8. The Balaban J connectivity index is 1.02. The van der Waals surface area contributed by atoms with Gasteiger partial charge < -0.3 is 9.47 Å². The van der Waals surface area contributed by atoms with Crippen molar-refractivity contribution in [1.82, 2.24) is 14.5 Å². The van der Waals surface area contributed by atoms with Crippen LogP contribution in [0.2, 0.25) is 0 Å². The highest BCUT2D eigenvalue weighted by atomic mass is 15.2. The molecule has 1 aliphatic heterocycles. The van der Waals surface area contributed by atoms with Crippen molar-refractivity contribution in [2.45, 2.75) is 19.3 Å². The number of nitrogens with zero attached hydrogens (tertiary/aromatic N) is 4. The normalized spacial score (nSPS) is 13.2. The van der Waals surface area contributed by atoms with Gasteiger partial charge in [-0.15, -0.1) is 0 Å². The van der Waals surface area contributed by atoms with E-state index in [4.69, 9.17) is 9.97 Å². The van der Waals surface area contributed by atoms with Gasteiger partial charge in [0.05, 0.1) is 33.6 Å². The lowest BCUT2D eigenvalue weighted by Crippen LogP contribution is -2.30. The SMILES string of the molecule is CC1(C)c2ccccc2N(c2ccccc2)c2ccc(-c3cccc4c3c3c5ccccc5ccc3n4-c3cccc(-c4nc(-c5cccc6ccccc56)c5ccccc5n4)c3)cc21. The second kappa shape index (κ2) is 14.3. The highest BCUT2D eigenvalue weighted by molar-refractivity contribution is 6.25. The van der Waals surface area contributed by atoms with Crippen molar-refractivity contribution in [2.75, 3.05) is 4.90 Å². The highest BCUT2D eigenvalue weighted by Crippen LogP contribution is 2.53. The average molecular weight is 831 g/mol. The number of fused-ring (bicyclic) bond motifs is 9. The molecule has 0 atom stereocenters. The Morgan fingerprint density at radius 2 is 1.05 bits per heavy atom. The summed E-state index contributed by atoms with van der Waals surface area (Å²) in [5, 5.41) is 8.33. The zero-order chi connectivity index (χ0) is 43.2. The van der Waals surface area contributed by atoms with Crippen LogP contribution in [0.25, 0.3) is 93.7 Å². The molecule has 0 aliphatic carbocycles. The fraction of sp³-hybridized carbons (Fsp3) is 0.0492. The van der Waals surface area contributed by atoms with Gasteiger partial charge in [-0.3, -0.25) is 0 Å². The quantitative estimate of drug-likeness (QED) is 0.173. The summed E-state index contributed by atoms with van der Waals surface area (Å²) in [6.45, 7) is 4.74. The van der Waals surface area contributed by atoms with Crippen LogP contribution in [0.15, 0.2) is 218 Å². The lowest BCUT2D eigenvalue weighted by molar-refractivity contribution is 0.632. The largest absolute Gasteiger partial charge is 0.310 e. The van der Waals surface area contributed by atoms with Crippen molar-refractivity contribution in [3.05, 3.63) is 230 Å². The topological polar surface area (TPSA) is 34.0 Å². The minimum absolute atomic E-state index is 0.236. The van der Waals surface area contributed by atoms with E-state index in [1.807, 2.05) is 0 Å². The number of hydrogen-bond acceptors (Lipinski definition) is 3. The Hall–Kier alpha value is -8.34. The van der Waals surface area contributed by atoms with E-state index < -0.39 is 0 Å². The highest BCUT2D eigenvalue weighted by Gasteiger charge is 2.37. The molecule has 0 radical (unpaired) electrons. The first-order valence-electron chi connectivity index (χ1n) is 22.4. The van der Waals surface area contributed by atoms with Gasteiger partial charge in [0, 0.05) is 44.1 Å². The Bertz CT molecular complexity index is 3870. The van der Waals surface area contributed by atoms with Crippen molar-refractivity contribution in [2.24, 2.45) is 0 Å². The predicted octanol–water partition coefficient (Wildman–Crippen LogP) is 16.1. The molecule has 4 heteroatoms. The summed E-state index contributed by atoms with van der Waals surface area (Å²) in [7, 11) is 0. The minimum Gasteiger partial charge on any atom is -0.310 e. The number of hydrogen-bond donors (Lipinski definition) is 0. The molecule has 0 N–H and O–H groups in total. The molecule has 3 heterocycles. The van der Waals surface area contributed by atoms with Crippen molar-refractivity contribution in [3.8, 4) is 39.5 Å². The fourth-order valence-corrected chi connectivity index (χ4v) is 10.7. The first-order chi connectivity index (χ1) is 32.0. The molecule has 0 spiro atoms. The van der Waals surface area contributed by atoms with Gasteiger partial charge in [0.15, 0.2) is 5.82 Å². The summed E-state index contributed by atoms with van der Waals surface area (Å²) >= 11 is 0. The van der Waals surface area contributed by atoms with E-state index in [1.165, 1.54) is 65.9 Å². The van der Waals surface area contributed by atoms with Crippen molar-refractivity contribution < 1.29 is 0 Å². The van der Waals surface area contributed by atoms with Crippen LogP contribution in [0.1, 0.15) is 25.0 Å². The average Bonchev–Trinajstić information content (AvgIpc) is 3.71. The van der Waals surface area contributed by atoms with Crippen LogP contribution in [-0.4, -0.2) is 14.5 Å². The van der Waals surface area contributed by atoms with E-state index in [0.29, 0.717) is 5.82 Å². The predicted molar refractivity (Wildman–Crippen MR) is 272 cm³/mol. The Morgan fingerprint density at radius 3 is 1.92 bits per heavy atom. The number of rotatable bonds is 5. The number of benzene rings is 10. The third-order valence-electron chi connectivity index (χ3n) is 13.7. The molecule has 2 aromatic heterocycles. The smallest absolute Gasteiger partial charge is 0.160 e. The van der Waals surface area contributed by atoms with Crippen molar-refractivity contribution in [3.63, 3.8) is 0 Å². The molecule has 0 saturated heterocycles. The van der Waals surface area contributed by atoms with E-state index in [9.17, 15) is 0 Å². The van der Waals surface area contributed by atoms with E-state index in [-0.39, 0.29) is 5.41 Å². The van der Waals surface area contributed by atoms with E-state index in [1.54, 1.807) is 0 Å². The van der Waals surface area contributed by atoms with Gasteiger partial charge in [-0.05, 0) is 104 Å². The van der Waals surface area contributed by atoms with Crippen molar-refractivity contribution in [1.29, 1.82) is 0 Å². The summed E-state index contributed by atoms with van der Waals surface area (Å²) in [6, 6.07) is 79.0. The van der Waals surface area contributed by atoms with Crippen LogP contribution in [0.3, 0.4) is 0 Å². The Kier molecular flexibility index (Phi) is 8.22. The Morgan fingerprint density at radius 1 is 0.400 bits per heavy atom. The molecule has 12 aromatic rings. The number of para-hydroxylation sites is 3. The molecular weight excluding hydrogens is 789 g/mol.